The first-order valence-electron chi connectivity index (χ1n) is 5.27. The van der Waals surface area contributed by atoms with Gasteiger partial charge in [0.05, 0.1) is 11.9 Å². The SMILES string of the molecule is O=S1(=O)CCCN1C1CCC(O)CC1. The topological polar surface area (TPSA) is 57.6 Å². The molecule has 0 bridgehead atoms. The fourth-order valence-electron chi connectivity index (χ4n) is 2.42. The molecule has 1 saturated heterocycles. The van der Waals surface area contributed by atoms with Crippen molar-refractivity contribution in [3.05, 3.63) is 0 Å². The lowest BCUT2D eigenvalue weighted by Gasteiger charge is -2.31. The average molecular weight is 219 g/mol. The smallest absolute Gasteiger partial charge is 0.214 e. The van der Waals surface area contributed by atoms with Crippen LogP contribution in [0.1, 0.15) is 32.1 Å². The van der Waals surface area contributed by atoms with Gasteiger partial charge in [0.15, 0.2) is 0 Å². The van der Waals surface area contributed by atoms with Crippen molar-refractivity contribution in [1.82, 2.24) is 4.31 Å². The van der Waals surface area contributed by atoms with E-state index >= 15 is 0 Å². The molecule has 0 aromatic rings. The zero-order valence-corrected chi connectivity index (χ0v) is 9.04. The van der Waals surface area contributed by atoms with Gasteiger partial charge < -0.3 is 5.11 Å². The molecule has 0 radical (unpaired) electrons. The van der Waals surface area contributed by atoms with Crippen LogP contribution in [0.2, 0.25) is 0 Å². The molecule has 0 spiro atoms. The molecule has 1 heterocycles. The van der Waals surface area contributed by atoms with Crippen molar-refractivity contribution >= 4 is 10.0 Å². The minimum atomic E-state index is -2.95. The molecule has 2 fully saturated rings. The van der Waals surface area contributed by atoms with E-state index in [2.05, 4.69) is 0 Å². The quantitative estimate of drug-likeness (QED) is 0.691. The van der Waals surface area contributed by atoms with Gasteiger partial charge in [0.1, 0.15) is 0 Å². The second-order valence-electron chi connectivity index (χ2n) is 4.24. The zero-order chi connectivity index (χ0) is 10.2. The molecule has 0 unspecified atom stereocenters. The molecule has 1 N–H and O–H groups in total. The Balaban J connectivity index is 2.02. The third-order valence-corrected chi connectivity index (χ3v) is 5.21. The van der Waals surface area contributed by atoms with Gasteiger partial charge in [0.25, 0.3) is 0 Å². The minimum absolute atomic E-state index is 0.158. The van der Waals surface area contributed by atoms with Crippen LogP contribution in [0.3, 0.4) is 0 Å². The Bertz CT molecular complexity index is 293. The van der Waals surface area contributed by atoms with E-state index in [1.54, 1.807) is 4.31 Å². The van der Waals surface area contributed by atoms with Gasteiger partial charge in [-0.25, -0.2) is 8.42 Å². The number of rotatable bonds is 1. The summed E-state index contributed by atoms with van der Waals surface area (Å²) in [7, 11) is -2.95. The molecule has 14 heavy (non-hydrogen) atoms. The lowest BCUT2D eigenvalue weighted by Crippen LogP contribution is -2.39. The van der Waals surface area contributed by atoms with Crippen LogP contribution in [0.15, 0.2) is 0 Å². The van der Waals surface area contributed by atoms with Gasteiger partial charge in [-0.3, -0.25) is 0 Å². The lowest BCUT2D eigenvalue weighted by molar-refractivity contribution is 0.101. The summed E-state index contributed by atoms with van der Waals surface area (Å²) in [5.74, 6) is 0.312. The zero-order valence-electron chi connectivity index (χ0n) is 8.22. The number of sulfonamides is 1. The molecule has 4 nitrogen and oxygen atoms in total. The van der Waals surface area contributed by atoms with Gasteiger partial charge in [0.2, 0.25) is 10.0 Å². The molecule has 0 aromatic heterocycles. The van der Waals surface area contributed by atoms with E-state index in [0.717, 1.165) is 32.1 Å². The fraction of sp³-hybridized carbons (Fsp3) is 1.00. The Hall–Kier alpha value is -0.130. The predicted octanol–water partition coefficient (Wildman–Crippen LogP) is 0.325. The molecular weight excluding hydrogens is 202 g/mol. The van der Waals surface area contributed by atoms with Crippen molar-refractivity contribution in [1.29, 1.82) is 0 Å². The molecule has 0 amide bonds. The Morgan fingerprint density at radius 3 is 2.29 bits per heavy atom. The van der Waals surface area contributed by atoms with Crippen LogP contribution in [0.4, 0.5) is 0 Å². The van der Waals surface area contributed by atoms with Crippen molar-refractivity contribution in [3.8, 4) is 0 Å². The molecule has 2 rings (SSSR count). The Morgan fingerprint density at radius 2 is 1.79 bits per heavy atom. The minimum Gasteiger partial charge on any atom is -0.393 e. The van der Waals surface area contributed by atoms with Crippen LogP contribution >= 0.6 is 0 Å². The molecule has 1 saturated carbocycles. The summed E-state index contributed by atoms with van der Waals surface area (Å²) in [5.41, 5.74) is 0. The summed E-state index contributed by atoms with van der Waals surface area (Å²) in [6.45, 7) is 0.684. The van der Waals surface area contributed by atoms with Gasteiger partial charge in [-0.2, -0.15) is 4.31 Å². The van der Waals surface area contributed by atoms with Crippen LogP contribution in [0, 0.1) is 0 Å². The van der Waals surface area contributed by atoms with Gasteiger partial charge in [-0.1, -0.05) is 0 Å². The molecule has 0 aromatic carbocycles. The Labute approximate surface area is 85.0 Å². The maximum absolute atomic E-state index is 11.6. The summed E-state index contributed by atoms with van der Waals surface area (Å²) < 4.78 is 24.9. The maximum atomic E-state index is 11.6. The molecule has 0 atom stereocenters. The lowest BCUT2D eigenvalue weighted by atomic mass is 9.93. The second-order valence-corrected chi connectivity index (χ2v) is 6.28. The van der Waals surface area contributed by atoms with E-state index in [9.17, 15) is 13.5 Å². The highest BCUT2D eigenvalue weighted by Crippen LogP contribution is 2.28. The van der Waals surface area contributed by atoms with Crippen LogP contribution in [-0.2, 0) is 10.0 Å². The molecule has 5 heteroatoms. The number of hydrogen-bond donors (Lipinski definition) is 1. The van der Waals surface area contributed by atoms with Crippen molar-refractivity contribution in [2.24, 2.45) is 0 Å². The summed E-state index contributed by atoms with van der Waals surface area (Å²) in [6.07, 6.45) is 3.69. The normalized spacial score (nSPS) is 38.6. The fourth-order valence-corrected chi connectivity index (χ4v) is 4.22. The first-order chi connectivity index (χ1) is 6.59. The third-order valence-electron chi connectivity index (χ3n) is 3.21. The van der Waals surface area contributed by atoms with Gasteiger partial charge in [-0.05, 0) is 32.1 Å². The van der Waals surface area contributed by atoms with Crippen molar-refractivity contribution in [3.63, 3.8) is 0 Å². The monoisotopic (exact) mass is 219 g/mol. The highest BCUT2D eigenvalue weighted by Gasteiger charge is 2.35. The maximum Gasteiger partial charge on any atom is 0.214 e. The van der Waals surface area contributed by atoms with Crippen LogP contribution in [0.25, 0.3) is 0 Å². The standard InChI is InChI=1S/C9H17NO3S/c11-9-4-2-8(3-5-9)10-6-1-7-14(10,12)13/h8-9,11H,1-7H2. The average Bonchev–Trinajstić information content (AvgIpc) is 2.47. The Morgan fingerprint density at radius 1 is 1.14 bits per heavy atom. The summed E-state index contributed by atoms with van der Waals surface area (Å²) in [4.78, 5) is 0. The van der Waals surface area contributed by atoms with Crippen molar-refractivity contribution < 1.29 is 13.5 Å². The molecule has 2 aliphatic rings. The van der Waals surface area contributed by atoms with Gasteiger partial charge in [-0.15, -0.1) is 0 Å². The molecule has 1 aliphatic carbocycles. The molecule has 82 valence electrons. The number of hydrogen-bond acceptors (Lipinski definition) is 3. The first-order valence-corrected chi connectivity index (χ1v) is 6.88. The van der Waals surface area contributed by atoms with E-state index in [-0.39, 0.29) is 12.1 Å². The number of nitrogens with zero attached hydrogens (tertiary/aromatic N) is 1. The number of aliphatic hydroxyl groups excluding tert-OH is 1. The van der Waals surface area contributed by atoms with E-state index in [0.29, 0.717) is 12.3 Å². The van der Waals surface area contributed by atoms with Crippen LogP contribution < -0.4 is 0 Å². The molecule has 1 aliphatic heterocycles. The van der Waals surface area contributed by atoms with Crippen LogP contribution in [-0.4, -0.2) is 42.3 Å². The first kappa shape index (κ1) is 10.4. The predicted molar refractivity (Wildman–Crippen MR) is 53.4 cm³/mol. The van der Waals surface area contributed by atoms with Gasteiger partial charge >= 0.3 is 0 Å². The highest BCUT2D eigenvalue weighted by atomic mass is 32.2. The highest BCUT2D eigenvalue weighted by molar-refractivity contribution is 7.89. The van der Waals surface area contributed by atoms with E-state index < -0.39 is 10.0 Å². The van der Waals surface area contributed by atoms with Gasteiger partial charge in [0, 0.05) is 12.6 Å². The van der Waals surface area contributed by atoms with Crippen LogP contribution in [0.5, 0.6) is 0 Å². The van der Waals surface area contributed by atoms with E-state index in [1.807, 2.05) is 0 Å². The molecular formula is C9H17NO3S. The largest absolute Gasteiger partial charge is 0.393 e. The van der Waals surface area contributed by atoms with E-state index in [1.165, 1.54) is 0 Å². The summed E-state index contributed by atoms with van der Waals surface area (Å²) in [6, 6.07) is 0.158. The van der Waals surface area contributed by atoms with Crippen molar-refractivity contribution in [2.75, 3.05) is 12.3 Å². The van der Waals surface area contributed by atoms with E-state index in [4.69, 9.17) is 0 Å². The third kappa shape index (κ3) is 1.94. The number of aliphatic hydroxyl groups is 1. The Kier molecular flexibility index (Phi) is 2.81. The van der Waals surface area contributed by atoms with Crippen molar-refractivity contribution in [2.45, 2.75) is 44.2 Å². The summed E-state index contributed by atoms with van der Waals surface area (Å²) in [5, 5.41) is 9.33. The summed E-state index contributed by atoms with van der Waals surface area (Å²) >= 11 is 0. The second kappa shape index (κ2) is 3.79.